The molecular formula is C22H33N3O4. The fraction of sp³-hybridized carbons (Fsp3) is 0.591. The Balaban J connectivity index is 1.58. The lowest BCUT2D eigenvalue weighted by molar-refractivity contribution is 0.0948. The zero-order valence-electron chi connectivity index (χ0n) is 18.0. The van der Waals surface area contributed by atoms with Crippen molar-refractivity contribution in [3.05, 3.63) is 17.8 Å². The summed E-state index contributed by atoms with van der Waals surface area (Å²) in [4.78, 5) is 18.3. The van der Waals surface area contributed by atoms with E-state index in [0.29, 0.717) is 35.0 Å². The molecule has 160 valence electrons. The number of benzene rings is 1. The molecule has 1 aliphatic rings. The number of ether oxygens (including phenoxy) is 3. The van der Waals surface area contributed by atoms with Gasteiger partial charge in [-0.3, -0.25) is 4.79 Å². The lowest BCUT2D eigenvalue weighted by atomic mass is 10.0. The number of methoxy groups -OCH3 is 3. The van der Waals surface area contributed by atoms with Crippen molar-refractivity contribution in [1.82, 2.24) is 15.2 Å². The standard InChI is InChI=1S/C22H33N3O4/c1-15-8-7-11-25(14-15)10-6-5-9-23-22(26)17-12-16-18(27-2)13-19(28-3)21(29-4)20(16)24-17/h12-13,15,24H,5-11,14H2,1-4H3,(H,23,26). The van der Waals surface area contributed by atoms with Crippen LogP contribution in [0.5, 0.6) is 17.2 Å². The van der Waals surface area contributed by atoms with Crippen LogP contribution in [-0.4, -0.2) is 63.3 Å². The Bertz CT molecular complexity index is 833. The molecule has 1 saturated heterocycles. The molecule has 0 aliphatic carbocycles. The number of rotatable bonds is 9. The summed E-state index contributed by atoms with van der Waals surface area (Å²) in [5.74, 6) is 2.41. The molecule has 0 spiro atoms. The molecular weight excluding hydrogens is 370 g/mol. The first-order valence-electron chi connectivity index (χ1n) is 10.4. The quantitative estimate of drug-likeness (QED) is 0.628. The van der Waals surface area contributed by atoms with E-state index in [1.54, 1.807) is 33.5 Å². The van der Waals surface area contributed by atoms with Crippen LogP contribution in [0.1, 0.15) is 43.1 Å². The molecule has 7 heteroatoms. The number of H-pyrrole nitrogens is 1. The van der Waals surface area contributed by atoms with Gasteiger partial charge in [-0.2, -0.15) is 0 Å². The maximum absolute atomic E-state index is 12.6. The summed E-state index contributed by atoms with van der Waals surface area (Å²) >= 11 is 0. The van der Waals surface area contributed by atoms with Crippen molar-refractivity contribution < 1.29 is 19.0 Å². The Morgan fingerprint density at radius 2 is 1.97 bits per heavy atom. The van der Waals surface area contributed by atoms with Crippen molar-refractivity contribution in [2.24, 2.45) is 5.92 Å². The third kappa shape index (κ3) is 4.96. The summed E-state index contributed by atoms with van der Waals surface area (Å²) < 4.78 is 16.3. The molecule has 2 N–H and O–H groups in total. The molecule has 1 aromatic heterocycles. The zero-order chi connectivity index (χ0) is 20.8. The summed E-state index contributed by atoms with van der Waals surface area (Å²) in [6.07, 6.45) is 4.71. The number of unbranched alkanes of at least 4 members (excludes halogenated alkanes) is 1. The highest BCUT2D eigenvalue weighted by Gasteiger charge is 2.19. The van der Waals surface area contributed by atoms with E-state index in [1.807, 2.05) is 0 Å². The van der Waals surface area contributed by atoms with Gasteiger partial charge in [-0.15, -0.1) is 0 Å². The first-order chi connectivity index (χ1) is 14.1. The first-order valence-corrected chi connectivity index (χ1v) is 10.4. The smallest absolute Gasteiger partial charge is 0.267 e. The number of aromatic nitrogens is 1. The van der Waals surface area contributed by atoms with Gasteiger partial charge in [0.1, 0.15) is 11.4 Å². The van der Waals surface area contributed by atoms with Crippen molar-refractivity contribution in [3.63, 3.8) is 0 Å². The normalized spacial score (nSPS) is 17.3. The number of fused-ring (bicyclic) bond motifs is 1. The third-order valence-electron chi connectivity index (χ3n) is 5.61. The molecule has 1 unspecified atom stereocenters. The van der Waals surface area contributed by atoms with Gasteiger partial charge in [-0.25, -0.2) is 0 Å². The van der Waals surface area contributed by atoms with Crippen LogP contribution in [-0.2, 0) is 0 Å². The number of nitrogens with zero attached hydrogens (tertiary/aromatic N) is 1. The predicted octanol–water partition coefficient (Wildman–Crippen LogP) is 3.44. The van der Waals surface area contributed by atoms with Crippen molar-refractivity contribution in [3.8, 4) is 17.2 Å². The van der Waals surface area contributed by atoms with Gasteiger partial charge in [0.25, 0.3) is 5.91 Å². The van der Waals surface area contributed by atoms with Gasteiger partial charge in [0.05, 0.1) is 26.8 Å². The number of piperidine rings is 1. The Morgan fingerprint density at radius 3 is 2.66 bits per heavy atom. The second-order valence-corrected chi connectivity index (χ2v) is 7.80. The van der Waals surface area contributed by atoms with Crippen LogP contribution < -0.4 is 19.5 Å². The van der Waals surface area contributed by atoms with Crippen LogP contribution in [0.4, 0.5) is 0 Å². The van der Waals surface area contributed by atoms with E-state index < -0.39 is 0 Å². The minimum absolute atomic E-state index is 0.129. The molecule has 1 aromatic carbocycles. The largest absolute Gasteiger partial charge is 0.496 e. The van der Waals surface area contributed by atoms with E-state index in [9.17, 15) is 4.79 Å². The number of hydrogen-bond acceptors (Lipinski definition) is 5. The van der Waals surface area contributed by atoms with Crippen molar-refractivity contribution in [2.45, 2.75) is 32.6 Å². The van der Waals surface area contributed by atoms with Gasteiger partial charge in [0, 0.05) is 24.5 Å². The third-order valence-corrected chi connectivity index (χ3v) is 5.61. The Kier molecular flexibility index (Phi) is 7.25. The van der Waals surface area contributed by atoms with Crippen LogP contribution in [0, 0.1) is 5.92 Å². The number of amides is 1. The summed E-state index contributed by atoms with van der Waals surface area (Å²) in [5, 5.41) is 3.79. The molecule has 2 aromatic rings. The van der Waals surface area contributed by atoms with Crippen molar-refractivity contribution >= 4 is 16.8 Å². The van der Waals surface area contributed by atoms with Crippen molar-refractivity contribution in [1.29, 1.82) is 0 Å². The number of hydrogen-bond donors (Lipinski definition) is 2. The fourth-order valence-electron chi connectivity index (χ4n) is 4.11. The Morgan fingerprint density at radius 1 is 1.17 bits per heavy atom. The number of carbonyl (C=O) groups excluding carboxylic acids is 1. The maximum atomic E-state index is 12.6. The minimum Gasteiger partial charge on any atom is -0.496 e. The van der Waals surface area contributed by atoms with Crippen LogP contribution >= 0.6 is 0 Å². The lowest BCUT2D eigenvalue weighted by Gasteiger charge is -2.30. The van der Waals surface area contributed by atoms with Crippen molar-refractivity contribution in [2.75, 3.05) is 47.5 Å². The van der Waals surface area contributed by atoms with Gasteiger partial charge in [0.15, 0.2) is 11.5 Å². The highest BCUT2D eigenvalue weighted by molar-refractivity contribution is 6.02. The molecule has 29 heavy (non-hydrogen) atoms. The average Bonchev–Trinajstić information content (AvgIpc) is 3.17. The van der Waals surface area contributed by atoms with E-state index in [2.05, 4.69) is 22.1 Å². The molecule has 1 aliphatic heterocycles. The van der Waals surface area contributed by atoms with Gasteiger partial charge in [-0.1, -0.05) is 6.92 Å². The van der Waals surface area contributed by atoms with E-state index in [0.717, 1.165) is 30.7 Å². The van der Waals surface area contributed by atoms with Gasteiger partial charge in [-0.05, 0) is 50.8 Å². The molecule has 7 nitrogen and oxygen atoms in total. The first kappa shape index (κ1) is 21.3. The minimum atomic E-state index is -0.129. The molecule has 1 fully saturated rings. The highest BCUT2D eigenvalue weighted by atomic mass is 16.5. The van der Waals surface area contributed by atoms with E-state index >= 15 is 0 Å². The number of aromatic amines is 1. The summed E-state index contributed by atoms with van der Waals surface area (Å²) in [5.41, 5.74) is 1.17. The molecule has 1 amide bonds. The number of nitrogens with one attached hydrogen (secondary N) is 2. The Hall–Kier alpha value is -2.41. The van der Waals surface area contributed by atoms with Crippen LogP contribution in [0.3, 0.4) is 0 Å². The number of carbonyl (C=O) groups is 1. The molecule has 0 radical (unpaired) electrons. The summed E-state index contributed by atoms with van der Waals surface area (Å²) in [6.45, 7) is 6.51. The monoisotopic (exact) mass is 403 g/mol. The summed E-state index contributed by atoms with van der Waals surface area (Å²) in [7, 11) is 4.74. The van der Waals surface area contributed by atoms with Crippen LogP contribution in [0.2, 0.25) is 0 Å². The van der Waals surface area contributed by atoms with E-state index in [1.165, 1.54) is 25.9 Å². The van der Waals surface area contributed by atoms with Gasteiger partial charge < -0.3 is 29.4 Å². The molecule has 3 rings (SSSR count). The topological polar surface area (TPSA) is 75.8 Å². The van der Waals surface area contributed by atoms with Gasteiger partial charge in [0.2, 0.25) is 0 Å². The second-order valence-electron chi connectivity index (χ2n) is 7.80. The second kappa shape index (κ2) is 9.87. The predicted molar refractivity (Wildman–Crippen MR) is 114 cm³/mol. The molecule has 0 saturated carbocycles. The average molecular weight is 404 g/mol. The van der Waals surface area contributed by atoms with Crippen LogP contribution in [0.25, 0.3) is 10.9 Å². The van der Waals surface area contributed by atoms with Crippen LogP contribution in [0.15, 0.2) is 12.1 Å². The SMILES string of the molecule is COc1cc(OC)c2cc(C(=O)NCCCCN3CCCC(C)C3)[nH]c2c1OC. The lowest BCUT2D eigenvalue weighted by Crippen LogP contribution is -2.35. The van der Waals surface area contributed by atoms with E-state index in [-0.39, 0.29) is 5.91 Å². The van der Waals surface area contributed by atoms with Gasteiger partial charge >= 0.3 is 0 Å². The zero-order valence-corrected chi connectivity index (χ0v) is 18.0. The number of likely N-dealkylation sites (tertiary alicyclic amines) is 1. The fourth-order valence-corrected chi connectivity index (χ4v) is 4.11. The molecule has 1 atom stereocenters. The molecule has 0 bridgehead atoms. The molecule has 2 heterocycles. The highest BCUT2D eigenvalue weighted by Crippen LogP contribution is 2.41. The Labute approximate surface area is 172 Å². The maximum Gasteiger partial charge on any atom is 0.267 e. The summed E-state index contributed by atoms with van der Waals surface area (Å²) in [6, 6.07) is 3.55. The van der Waals surface area contributed by atoms with E-state index in [4.69, 9.17) is 14.2 Å².